The van der Waals surface area contributed by atoms with Crippen LogP contribution in [0.2, 0.25) is 0 Å². The maximum Gasteiger partial charge on any atom is 0.189 e. The molecule has 0 aromatic rings. The Morgan fingerprint density at radius 3 is 2.47 bits per heavy atom. The topological polar surface area (TPSA) is 70.1 Å². The largest absolute Gasteiger partial charge is 0.401 e. The van der Waals surface area contributed by atoms with Crippen LogP contribution in [0.1, 0.15) is 26.2 Å². The molecule has 0 bridgehead atoms. The Labute approximate surface area is 90.3 Å². The van der Waals surface area contributed by atoms with Crippen LogP contribution in [0, 0.1) is 11.3 Å². The minimum Gasteiger partial charge on any atom is -0.401 e. The van der Waals surface area contributed by atoms with Crippen molar-refractivity contribution in [3.8, 4) is 6.07 Å². The quantitative estimate of drug-likeness (QED) is 0.549. The summed E-state index contributed by atoms with van der Waals surface area (Å²) in [5, 5.41) is 8.77. The number of rotatable bonds is 3. The number of hydrogen-bond acceptors (Lipinski definition) is 4. The SMILES string of the molecule is CC(N)=C(C#N)C(=O)CN1CCCCC1. The second kappa shape index (κ2) is 5.52. The minimum atomic E-state index is -0.153. The Hall–Kier alpha value is -1.34. The van der Waals surface area contributed by atoms with E-state index in [2.05, 4.69) is 4.90 Å². The van der Waals surface area contributed by atoms with Crippen molar-refractivity contribution in [2.45, 2.75) is 26.2 Å². The highest BCUT2D eigenvalue weighted by molar-refractivity contribution is 6.00. The van der Waals surface area contributed by atoms with E-state index in [9.17, 15) is 4.79 Å². The smallest absolute Gasteiger partial charge is 0.189 e. The van der Waals surface area contributed by atoms with Crippen molar-refractivity contribution in [2.75, 3.05) is 19.6 Å². The predicted octanol–water partition coefficient (Wildman–Crippen LogP) is 0.798. The van der Waals surface area contributed by atoms with Gasteiger partial charge in [0.1, 0.15) is 11.6 Å². The molecule has 0 unspecified atom stereocenters. The number of allylic oxidation sites excluding steroid dienone is 1. The Balaban J connectivity index is 2.55. The standard InChI is InChI=1S/C11H17N3O/c1-9(13)10(7-12)11(15)8-14-5-3-2-4-6-14/h2-6,8,13H2,1H3. The summed E-state index contributed by atoms with van der Waals surface area (Å²) in [6.45, 7) is 3.83. The van der Waals surface area contributed by atoms with Gasteiger partial charge in [0.25, 0.3) is 0 Å². The van der Waals surface area contributed by atoms with E-state index in [4.69, 9.17) is 11.0 Å². The van der Waals surface area contributed by atoms with E-state index in [0.29, 0.717) is 12.2 Å². The lowest BCUT2D eigenvalue weighted by Gasteiger charge is -2.25. The molecule has 82 valence electrons. The number of Topliss-reactive ketones (excluding diaryl/α,β-unsaturated/α-hetero) is 1. The highest BCUT2D eigenvalue weighted by Crippen LogP contribution is 2.09. The third-order valence-electron chi connectivity index (χ3n) is 2.60. The molecule has 0 amide bonds. The van der Waals surface area contributed by atoms with E-state index < -0.39 is 0 Å². The fourth-order valence-corrected chi connectivity index (χ4v) is 1.77. The van der Waals surface area contributed by atoms with Crippen LogP contribution in [0.15, 0.2) is 11.3 Å². The van der Waals surface area contributed by atoms with Crippen LogP contribution in [0.25, 0.3) is 0 Å². The van der Waals surface area contributed by atoms with Gasteiger partial charge >= 0.3 is 0 Å². The highest BCUT2D eigenvalue weighted by Gasteiger charge is 2.17. The van der Waals surface area contributed by atoms with Crippen molar-refractivity contribution >= 4 is 5.78 Å². The monoisotopic (exact) mass is 207 g/mol. The Morgan fingerprint density at radius 2 is 2.00 bits per heavy atom. The van der Waals surface area contributed by atoms with Gasteiger partial charge < -0.3 is 5.73 Å². The molecule has 0 aromatic heterocycles. The number of hydrogen-bond donors (Lipinski definition) is 1. The molecule has 15 heavy (non-hydrogen) atoms. The Kier molecular flexibility index (Phi) is 4.32. The molecule has 0 aliphatic carbocycles. The van der Waals surface area contributed by atoms with E-state index >= 15 is 0 Å². The van der Waals surface area contributed by atoms with Crippen molar-refractivity contribution in [3.63, 3.8) is 0 Å². The molecule has 0 atom stereocenters. The third-order valence-corrected chi connectivity index (χ3v) is 2.60. The van der Waals surface area contributed by atoms with E-state index in [0.717, 1.165) is 25.9 Å². The molecule has 1 heterocycles. The van der Waals surface area contributed by atoms with Crippen molar-refractivity contribution in [3.05, 3.63) is 11.3 Å². The van der Waals surface area contributed by atoms with Gasteiger partial charge in [-0.15, -0.1) is 0 Å². The zero-order chi connectivity index (χ0) is 11.3. The van der Waals surface area contributed by atoms with Gasteiger partial charge in [0.05, 0.1) is 6.54 Å². The molecule has 1 aliphatic heterocycles. The first-order chi connectivity index (χ1) is 7.15. The first-order valence-electron chi connectivity index (χ1n) is 5.27. The summed E-state index contributed by atoms with van der Waals surface area (Å²) in [6.07, 6.45) is 3.52. The summed E-state index contributed by atoms with van der Waals surface area (Å²) in [5.74, 6) is -0.153. The number of likely N-dealkylation sites (tertiary alicyclic amines) is 1. The van der Waals surface area contributed by atoms with Crippen molar-refractivity contribution in [1.29, 1.82) is 5.26 Å². The lowest BCUT2D eigenvalue weighted by Crippen LogP contribution is -2.35. The molecule has 0 saturated carbocycles. The van der Waals surface area contributed by atoms with Gasteiger partial charge in [0.15, 0.2) is 5.78 Å². The van der Waals surface area contributed by atoms with Gasteiger partial charge in [-0.3, -0.25) is 9.69 Å². The molecule has 1 saturated heterocycles. The van der Waals surface area contributed by atoms with Gasteiger partial charge in [-0.1, -0.05) is 6.42 Å². The molecule has 4 heteroatoms. The molecule has 4 nitrogen and oxygen atoms in total. The van der Waals surface area contributed by atoms with Crippen molar-refractivity contribution in [2.24, 2.45) is 5.73 Å². The van der Waals surface area contributed by atoms with E-state index in [1.165, 1.54) is 6.42 Å². The van der Waals surface area contributed by atoms with Crippen LogP contribution in [0.4, 0.5) is 0 Å². The molecule has 1 rings (SSSR count). The minimum absolute atomic E-state index is 0.112. The van der Waals surface area contributed by atoms with Gasteiger partial charge in [-0.05, 0) is 32.9 Å². The number of nitriles is 1. The first-order valence-corrected chi connectivity index (χ1v) is 5.27. The number of carbonyl (C=O) groups is 1. The zero-order valence-corrected chi connectivity index (χ0v) is 9.12. The van der Waals surface area contributed by atoms with Crippen molar-refractivity contribution in [1.82, 2.24) is 4.90 Å². The van der Waals surface area contributed by atoms with E-state index in [1.54, 1.807) is 6.92 Å². The average molecular weight is 207 g/mol. The van der Waals surface area contributed by atoms with Crippen LogP contribution >= 0.6 is 0 Å². The summed E-state index contributed by atoms with van der Waals surface area (Å²) >= 11 is 0. The normalized spacial score (nSPS) is 19.2. The summed E-state index contributed by atoms with van der Waals surface area (Å²) in [5.41, 5.74) is 5.90. The lowest BCUT2D eigenvalue weighted by atomic mass is 10.1. The fraction of sp³-hybridized carbons (Fsp3) is 0.636. The number of carbonyl (C=O) groups excluding carboxylic acids is 1. The summed E-state index contributed by atoms with van der Waals surface area (Å²) in [4.78, 5) is 13.8. The third kappa shape index (κ3) is 3.37. The highest BCUT2D eigenvalue weighted by atomic mass is 16.1. The van der Waals surface area contributed by atoms with Crippen LogP contribution in [0.3, 0.4) is 0 Å². The molecule has 1 fully saturated rings. The summed E-state index contributed by atoms with van der Waals surface area (Å²) in [7, 11) is 0. The molecule has 0 radical (unpaired) electrons. The van der Waals surface area contributed by atoms with Crippen molar-refractivity contribution < 1.29 is 4.79 Å². The van der Waals surface area contributed by atoms with Gasteiger partial charge in [0.2, 0.25) is 0 Å². The number of nitrogens with zero attached hydrogens (tertiary/aromatic N) is 2. The second-order valence-corrected chi connectivity index (χ2v) is 3.93. The lowest BCUT2D eigenvalue weighted by molar-refractivity contribution is -0.116. The van der Waals surface area contributed by atoms with Gasteiger partial charge in [0, 0.05) is 5.70 Å². The second-order valence-electron chi connectivity index (χ2n) is 3.93. The number of ketones is 1. The fourth-order valence-electron chi connectivity index (χ4n) is 1.77. The van der Waals surface area contributed by atoms with Crippen LogP contribution in [-0.4, -0.2) is 30.3 Å². The van der Waals surface area contributed by atoms with Crippen LogP contribution < -0.4 is 5.73 Å². The molecular formula is C11H17N3O. The van der Waals surface area contributed by atoms with Gasteiger partial charge in [-0.25, -0.2) is 0 Å². The predicted molar refractivity (Wildman–Crippen MR) is 57.8 cm³/mol. The number of nitrogens with two attached hydrogens (primary N) is 1. The Bertz CT molecular complexity index is 304. The van der Waals surface area contributed by atoms with E-state index in [-0.39, 0.29) is 11.4 Å². The first kappa shape index (κ1) is 11.7. The summed E-state index contributed by atoms with van der Waals surface area (Å²) in [6, 6.07) is 1.87. The van der Waals surface area contributed by atoms with Crippen LogP contribution in [0.5, 0.6) is 0 Å². The molecule has 0 aromatic carbocycles. The van der Waals surface area contributed by atoms with Gasteiger partial charge in [-0.2, -0.15) is 5.26 Å². The molecule has 2 N–H and O–H groups in total. The molecular weight excluding hydrogens is 190 g/mol. The summed E-state index contributed by atoms with van der Waals surface area (Å²) < 4.78 is 0. The molecule has 1 aliphatic rings. The maximum absolute atomic E-state index is 11.7. The number of piperidine rings is 1. The average Bonchev–Trinajstić information content (AvgIpc) is 2.19. The Morgan fingerprint density at radius 1 is 1.40 bits per heavy atom. The molecule has 0 spiro atoms. The zero-order valence-electron chi connectivity index (χ0n) is 9.12. The maximum atomic E-state index is 11.7. The van der Waals surface area contributed by atoms with Crippen LogP contribution in [-0.2, 0) is 4.79 Å². The van der Waals surface area contributed by atoms with E-state index in [1.807, 2.05) is 6.07 Å².